The number of unbranched alkanes of at least 4 members (excludes halogenated alkanes) is 7. The Kier molecular flexibility index (Phi) is 17.6. The van der Waals surface area contributed by atoms with Crippen molar-refractivity contribution in [2.45, 2.75) is 116 Å². The molecule has 0 spiro atoms. The minimum absolute atomic E-state index is 0.0246. The molecule has 0 aromatic rings. The van der Waals surface area contributed by atoms with Crippen molar-refractivity contribution in [3.05, 3.63) is 0 Å². The zero-order chi connectivity index (χ0) is 27.0. The van der Waals surface area contributed by atoms with E-state index in [-0.39, 0.29) is 38.3 Å². The number of esters is 1. The summed E-state index contributed by atoms with van der Waals surface area (Å²) in [6, 6.07) is 0. The topological polar surface area (TPSA) is 91.3 Å². The maximum absolute atomic E-state index is 13.0. The fourth-order valence-electron chi connectivity index (χ4n) is 3.40. The number of hydrogen-bond donors (Lipinski definition) is 1. The first-order chi connectivity index (χ1) is 16.3. The van der Waals surface area contributed by atoms with E-state index in [1.165, 1.54) is 32.1 Å². The van der Waals surface area contributed by atoms with E-state index < -0.39 is 19.0 Å². The van der Waals surface area contributed by atoms with Crippen LogP contribution in [0.15, 0.2) is 0 Å². The monoisotopic (exact) mass is 524 g/mol. The molecule has 8 nitrogen and oxygen atoms in total. The molecular weight excluding hydrogens is 469 g/mol. The van der Waals surface area contributed by atoms with E-state index in [9.17, 15) is 14.3 Å². The molecule has 0 aliphatic heterocycles. The molecule has 0 radical (unpaired) electrons. The Bertz CT molecular complexity index is 609. The first-order valence-corrected chi connectivity index (χ1v) is 15.1. The zero-order valence-electron chi connectivity index (χ0n) is 23.8. The number of hydrogen-bond acceptors (Lipinski definition) is 6. The number of quaternary nitrogens is 1. The van der Waals surface area contributed by atoms with Crippen LogP contribution in [0.5, 0.6) is 0 Å². The number of carbonyl (C=O) groups excluding carboxylic acids is 1. The van der Waals surface area contributed by atoms with Crippen molar-refractivity contribution in [2.75, 3.05) is 47.5 Å². The highest BCUT2D eigenvalue weighted by Gasteiger charge is 2.45. The molecule has 0 aliphatic rings. The number of nitrogens with zero attached hydrogens (tertiary/aromatic N) is 1. The Morgan fingerprint density at radius 1 is 0.971 bits per heavy atom. The molecule has 0 saturated heterocycles. The van der Waals surface area contributed by atoms with Gasteiger partial charge in [0.05, 0.1) is 33.9 Å². The fourth-order valence-corrected chi connectivity index (χ4v) is 4.64. The number of likely N-dealkylation sites (N-methyl/N-ethyl adjacent to an activating group) is 1. The highest BCUT2D eigenvalue weighted by atomic mass is 31.2. The van der Waals surface area contributed by atoms with Gasteiger partial charge in [0.15, 0.2) is 5.34 Å². The van der Waals surface area contributed by atoms with Crippen molar-refractivity contribution in [3.8, 4) is 0 Å². The zero-order valence-corrected chi connectivity index (χ0v) is 24.7. The molecule has 0 bridgehead atoms. The third kappa shape index (κ3) is 16.8. The lowest BCUT2D eigenvalue weighted by atomic mass is 10.1. The predicted molar refractivity (Wildman–Crippen MR) is 142 cm³/mol. The van der Waals surface area contributed by atoms with Gasteiger partial charge in [0.25, 0.3) is 0 Å². The number of carbonyl (C=O) groups is 1. The lowest BCUT2D eigenvalue weighted by Gasteiger charge is -2.34. The third-order valence-electron chi connectivity index (χ3n) is 5.99. The quantitative estimate of drug-likeness (QED) is 0.0815. The molecule has 0 aromatic carbocycles. The van der Waals surface area contributed by atoms with Gasteiger partial charge in [-0.15, -0.1) is 0 Å². The van der Waals surface area contributed by atoms with E-state index in [0.717, 1.165) is 19.3 Å². The van der Waals surface area contributed by atoms with Crippen LogP contribution >= 0.6 is 7.60 Å². The maximum Gasteiger partial charge on any atom is 0.359 e. The lowest BCUT2D eigenvalue weighted by molar-refractivity contribution is -0.870. The van der Waals surface area contributed by atoms with Crippen molar-refractivity contribution in [3.63, 3.8) is 0 Å². The lowest BCUT2D eigenvalue weighted by Crippen LogP contribution is -2.39. The maximum atomic E-state index is 13.0. The number of ether oxygens (including phenoxy) is 3. The van der Waals surface area contributed by atoms with Gasteiger partial charge >= 0.3 is 13.6 Å². The highest BCUT2D eigenvalue weighted by Crippen LogP contribution is 2.57. The van der Waals surface area contributed by atoms with Crippen molar-refractivity contribution in [1.29, 1.82) is 0 Å². The molecule has 0 heterocycles. The molecule has 35 heavy (non-hydrogen) atoms. The summed E-state index contributed by atoms with van der Waals surface area (Å²) < 4.78 is 36.2. The average molecular weight is 525 g/mol. The van der Waals surface area contributed by atoms with Gasteiger partial charge in [0.2, 0.25) is 0 Å². The standard InChI is InChI=1S/C26H54NO7P/c1-9-11-12-13-14-15-16-17-18-25(28)31-21-24(34-23(3)4)22-32-26(5,10-2)35(29,30)33-20-19-27(6,7)8/h23-24H,9-22H2,1-8H3/p+1. The van der Waals surface area contributed by atoms with Gasteiger partial charge in [-0.05, 0) is 33.6 Å². The van der Waals surface area contributed by atoms with Gasteiger partial charge in [0.1, 0.15) is 25.9 Å². The Hall–Kier alpha value is -0.500. The summed E-state index contributed by atoms with van der Waals surface area (Å²) in [4.78, 5) is 22.8. The van der Waals surface area contributed by atoms with Gasteiger partial charge < -0.3 is 28.1 Å². The summed E-state index contributed by atoms with van der Waals surface area (Å²) >= 11 is 0. The van der Waals surface area contributed by atoms with Gasteiger partial charge in [0, 0.05) is 6.42 Å². The number of rotatable bonds is 22. The van der Waals surface area contributed by atoms with Crippen molar-refractivity contribution in [2.24, 2.45) is 0 Å². The van der Waals surface area contributed by atoms with E-state index in [1.54, 1.807) is 13.8 Å². The molecule has 9 heteroatoms. The summed E-state index contributed by atoms with van der Waals surface area (Å²) in [6.07, 6.45) is 9.38. The summed E-state index contributed by atoms with van der Waals surface area (Å²) in [5.41, 5.74) is 0. The smallest absolute Gasteiger partial charge is 0.359 e. The molecule has 3 unspecified atom stereocenters. The van der Waals surface area contributed by atoms with Crippen LogP contribution in [-0.4, -0.2) is 80.4 Å². The molecule has 0 fully saturated rings. The molecule has 0 aliphatic carbocycles. The molecule has 0 amide bonds. The van der Waals surface area contributed by atoms with E-state index in [1.807, 2.05) is 35.0 Å². The molecular formula is C26H55NO7P+. The van der Waals surface area contributed by atoms with Crippen LogP contribution in [0, 0.1) is 0 Å². The van der Waals surface area contributed by atoms with Crippen LogP contribution < -0.4 is 0 Å². The van der Waals surface area contributed by atoms with Crippen LogP contribution in [0.1, 0.15) is 98.8 Å². The summed E-state index contributed by atoms with van der Waals surface area (Å²) in [6.45, 7) is 10.2. The minimum Gasteiger partial charge on any atom is -0.463 e. The van der Waals surface area contributed by atoms with Gasteiger partial charge in [-0.25, -0.2) is 0 Å². The van der Waals surface area contributed by atoms with E-state index in [4.69, 9.17) is 18.7 Å². The molecule has 0 saturated carbocycles. The van der Waals surface area contributed by atoms with Gasteiger partial charge in [-0.1, -0.05) is 58.8 Å². The highest BCUT2D eigenvalue weighted by molar-refractivity contribution is 7.54. The molecule has 0 aromatic heterocycles. The first-order valence-electron chi connectivity index (χ1n) is 13.5. The summed E-state index contributed by atoms with van der Waals surface area (Å²) in [5, 5.41) is -1.38. The second kappa shape index (κ2) is 17.9. The van der Waals surface area contributed by atoms with Crippen molar-refractivity contribution < 1.29 is 37.5 Å². The summed E-state index contributed by atoms with van der Waals surface area (Å²) in [5.74, 6) is -0.247. The second-order valence-electron chi connectivity index (χ2n) is 10.9. The fraction of sp³-hybridized carbons (Fsp3) is 0.962. The molecule has 1 N–H and O–H groups in total. The van der Waals surface area contributed by atoms with Crippen LogP contribution in [0.3, 0.4) is 0 Å². The largest absolute Gasteiger partial charge is 0.463 e. The van der Waals surface area contributed by atoms with Gasteiger partial charge in [-0.2, -0.15) is 0 Å². The Morgan fingerprint density at radius 3 is 2.06 bits per heavy atom. The predicted octanol–water partition coefficient (Wildman–Crippen LogP) is 5.91. The van der Waals surface area contributed by atoms with E-state index >= 15 is 0 Å². The first kappa shape index (κ1) is 34.5. The van der Waals surface area contributed by atoms with Crippen LogP contribution in [0.4, 0.5) is 0 Å². The molecule has 210 valence electrons. The van der Waals surface area contributed by atoms with Crippen LogP contribution in [0.2, 0.25) is 0 Å². The Morgan fingerprint density at radius 2 is 1.54 bits per heavy atom. The van der Waals surface area contributed by atoms with E-state index in [2.05, 4.69) is 6.92 Å². The van der Waals surface area contributed by atoms with Crippen molar-refractivity contribution in [1.82, 2.24) is 0 Å². The Labute approximate surface area is 215 Å². The van der Waals surface area contributed by atoms with Crippen LogP contribution in [-0.2, 0) is 28.1 Å². The third-order valence-corrected chi connectivity index (χ3v) is 8.16. The normalized spacial score (nSPS) is 16.6. The minimum atomic E-state index is -4.06. The Balaban J connectivity index is 4.60. The van der Waals surface area contributed by atoms with E-state index in [0.29, 0.717) is 17.4 Å². The molecule has 0 rings (SSSR count). The SMILES string of the molecule is CCCCCCCCCCC(=O)OCC(COC(C)(CC)P(=O)(O)OCC[N+](C)(C)C)OC(C)C. The van der Waals surface area contributed by atoms with Crippen LogP contribution in [0.25, 0.3) is 0 Å². The van der Waals surface area contributed by atoms with Gasteiger partial charge in [-0.3, -0.25) is 9.36 Å². The summed E-state index contributed by atoms with van der Waals surface area (Å²) in [7, 11) is 1.92. The second-order valence-corrected chi connectivity index (χ2v) is 13.2. The average Bonchev–Trinajstić information content (AvgIpc) is 2.75. The molecule has 3 atom stereocenters. The van der Waals surface area contributed by atoms with Crippen molar-refractivity contribution >= 4 is 13.6 Å².